The second kappa shape index (κ2) is 13.0. The van der Waals surface area contributed by atoms with Gasteiger partial charge in [-0.15, -0.1) is 13.2 Å². The highest BCUT2D eigenvalue weighted by atomic mass is 79.9. The van der Waals surface area contributed by atoms with Gasteiger partial charge < -0.3 is 29.3 Å². The standard InChI is InChI=1S/C31H41BrN4O6/c1-4-11-33(3)28(38)24-25-29(39)36(23(20-37)21-9-7-6-8-10-21)27(31(25)19-22(32)26(24)42-31)30(40)35(12-5-2)14-13-34-15-17-41-18-16-34/h4-10,22-27,37H,1-2,11-20H2,3H3/t22?,23-,24+,25+,26+,27?,31?/m1/s1. The number of nitrogens with zero attached hydrogens (tertiary/aromatic N) is 4. The van der Waals surface area contributed by atoms with E-state index >= 15 is 0 Å². The average Bonchev–Trinajstić information content (AvgIpc) is 3.59. The van der Waals surface area contributed by atoms with E-state index < -0.39 is 35.6 Å². The molecule has 228 valence electrons. The minimum atomic E-state index is -1.22. The zero-order valence-corrected chi connectivity index (χ0v) is 25.7. The van der Waals surface area contributed by atoms with Gasteiger partial charge in [-0.05, 0) is 12.0 Å². The Bertz CT molecular complexity index is 1180. The summed E-state index contributed by atoms with van der Waals surface area (Å²) in [6.45, 7) is 11.8. The molecule has 5 rings (SSSR count). The molecule has 2 bridgehead atoms. The van der Waals surface area contributed by atoms with Crippen LogP contribution in [0.1, 0.15) is 18.0 Å². The van der Waals surface area contributed by atoms with Crippen LogP contribution >= 0.6 is 15.9 Å². The second-order valence-electron chi connectivity index (χ2n) is 11.6. The fraction of sp³-hybridized carbons (Fsp3) is 0.581. The van der Waals surface area contributed by atoms with E-state index in [1.54, 1.807) is 29.0 Å². The van der Waals surface area contributed by atoms with Gasteiger partial charge in [-0.25, -0.2) is 0 Å². The third kappa shape index (κ3) is 5.34. The summed E-state index contributed by atoms with van der Waals surface area (Å²) in [6.07, 6.45) is 3.17. The van der Waals surface area contributed by atoms with Gasteiger partial charge in [0.05, 0.1) is 43.8 Å². The summed E-state index contributed by atoms with van der Waals surface area (Å²) in [7, 11) is 1.68. The quantitative estimate of drug-likeness (QED) is 0.272. The number of morpholine rings is 1. The van der Waals surface area contributed by atoms with E-state index in [0.717, 1.165) is 13.1 Å². The van der Waals surface area contributed by atoms with Crippen molar-refractivity contribution in [1.82, 2.24) is 19.6 Å². The lowest BCUT2D eigenvalue weighted by Crippen LogP contribution is -2.58. The number of aliphatic hydroxyl groups is 1. The predicted octanol–water partition coefficient (Wildman–Crippen LogP) is 1.46. The number of benzene rings is 1. The minimum absolute atomic E-state index is 0.214. The number of amides is 3. The van der Waals surface area contributed by atoms with E-state index in [1.807, 2.05) is 30.3 Å². The lowest BCUT2D eigenvalue weighted by Gasteiger charge is -2.40. The highest BCUT2D eigenvalue weighted by Gasteiger charge is 2.77. The molecule has 4 heterocycles. The number of likely N-dealkylation sites (tertiary alicyclic amines) is 1. The molecule has 1 N–H and O–H groups in total. The maximum Gasteiger partial charge on any atom is 0.248 e. The zero-order valence-electron chi connectivity index (χ0n) is 24.1. The number of alkyl halides is 1. The van der Waals surface area contributed by atoms with Gasteiger partial charge in [0.15, 0.2) is 0 Å². The Morgan fingerprint density at radius 3 is 2.50 bits per heavy atom. The molecule has 1 aromatic rings. The van der Waals surface area contributed by atoms with Crippen LogP contribution in [0.15, 0.2) is 55.6 Å². The molecule has 4 fully saturated rings. The average molecular weight is 646 g/mol. The van der Waals surface area contributed by atoms with Crippen molar-refractivity contribution in [2.24, 2.45) is 11.8 Å². The SMILES string of the molecule is C=CCN(C)C(=O)[C@H]1[C@H]2C(=O)N([C@H](CO)c3ccccc3)C(C(=O)N(CC=C)CCN3CCOCC3)C23CC(Br)[C@@H]1O3. The summed E-state index contributed by atoms with van der Waals surface area (Å²) >= 11 is 3.73. The summed E-state index contributed by atoms with van der Waals surface area (Å²) in [6, 6.07) is 7.42. The van der Waals surface area contributed by atoms with E-state index in [4.69, 9.17) is 9.47 Å². The predicted molar refractivity (Wildman–Crippen MR) is 161 cm³/mol. The van der Waals surface area contributed by atoms with Gasteiger partial charge in [-0.3, -0.25) is 19.3 Å². The zero-order chi connectivity index (χ0) is 30.0. The van der Waals surface area contributed by atoms with Gasteiger partial charge in [-0.2, -0.15) is 0 Å². The molecule has 0 aliphatic carbocycles. The number of aliphatic hydroxyl groups excluding tert-OH is 1. The Morgan fingerprint density at radius 2 is 1.86 bits per heavy atom. The molecule has 7 atom stereocenters. The van der Waals surface area contributed by atoms with Crippen LogP contribution in [-0.2, 0) is 23.9 Å². The van der Waals surface area contributed by atoms with E-state index in [9.17, 15) is 19.5 Å². The van der Waals surface area contributed by atoms with Crippen LogP contribution in [0.2, 0.25) is 0 Å². The molecule has 0 radical (unpaired) electrons. The van der Waals surface area contributed by atoms with E-state index in [0.29, 0.717) is 51.4 Å². The lowest BCUT2D eigenvalue weighted by molar-refractivity contribution is -0.152. The number of halogens is 1. The van der Waals surface area contributed by atoms with E-state index in [1.165, 1.54) is 4.90 Å². The molecule has 3 unspecified atom stereocenters. The van der Waals surface area contributed by atoms with Crippen LogP contribution in [0.4, 0.5) is 0 Å². The third-order valence-electron chi connectivity index (χ3n) is 9.17. The molecular weight excluding hydrogens is 604 g/mol. The van der Waals surface area contributed by atoms with Crippen molar-refractivity contribution in [2.75, 3.05) is 66.1 Å². The molecule has 4 aliphatic rings. The molecule has 11 heteroatoms. The van der Waals surface area contributed by atoms with Gasteiger partial charge in [-0.1, -0.05) is 58.4 Å². The molecule has 3 amide bonds. The maximum absolute atomic E-state index is 14.7. The number of fused-ring (bicyclic) bond motifs is 1. The first-order valence-electron chi connectivity index (χ1n) is 14.6. The van der Waals surface area contributed by atoms with Crippen molar-refractivity contribution in [3.05, 3.63) is 61.2 Å². The van der Waals surface area contributed by atoms with E-state index in [2.05, 4.69) is 34.0 Å². The van der Waals surface area contributed by atoms with Crippen molar-refractivity contribution < 1.29 is 29.0 Å². The van der Waals surface area contributed by atoms with Crippen LogP contribution in [0.25, 0.3) is 0 Å². The number of rotatable bonds is 12. The summed E-state index contributed by atoms with van der Waals surface area (Å²) in [5, 5.41) is 10.7. The van der Waals surface area contributed by atoms with Gasteiger partial charge in [0.1, 0.15) is 11.6 Å². The van der Waals surface area contributed by atoms with Crippen LogP contribution in [0.5, 0.6) is 0 Å². The van der Waals surface area contributed by atoms with Crippen molar-refractivity contribution in [3.8, 4) is 0 Å². The highest BCUT2D eigenvalue weighted by Crippen LogP contribution is 2.61. The Balaban J connectivity index is 1.55. The monoisotopic (exact) mass is 644 g/mol. The Labute approximate surface area is 256 Å². The minimum Gasteiger partial charge on any atom is -0.394 e. The largest absolute Gasteiger partial charge is 0.394 e. The summed E-state index contributed by atoms with van der Waals surface area (Å²) < 4.78 is 12.2. The fourth-order valence-corrected chi connectivity index (χ4v) is 8.18. The summed E-state index contributed by atoms with van der Waals surface area (Å²) in [4.78, 5) is 49.9. The van der Waals surface area contributed by atoms with Crippen molar-refractivity contribution in [1.29, 1.82) is 0 Å². The Morgan fingerprint density at radius 1 is 1.17 bits per heavy atom. The second-order valence-corrected chi connectivity index (χ2v) is 12.7. The first kappa shape index (κ1) is 30.9. The number of hydrogen-bond acceptors (Lipinski definition) is 7. The number of likely N-dealkylation sites (N-methyl/N-ethyl adjacent to an activating group) is 1. The van der Waals surface area contributed by atoms with Gasteiger partial charge in [0, 0.05) is 51.1 Å². The normalized spacial score (nSPS) is 31.1. The van der Waals surface area contributed by atoms with Crippen molar-refractivity contribution >= 4 is 33.7 Å². The van der Waals surface area contributed by atoms with Gasteiger partial charge in [0.2, 0.25) is 17.7 Å². The van der Waals surface area contributed by atoms with Crippen molar-refractivity contribution in [2.45, 2.75) is 35.0 Å². The van der Waals surface area contributed by atoms with Crippen LogP contribution in [0.3, 0.4) is 0 Å². The maximum atomic E-state index is 14.7. The fourth-order valence-electron chi connectivity index (χ4n) is 7.24. The lowest BCUT2D eigenvalue weighted by atomic mass is 9.70. The topological polar surface area (TPSA) is 103 Å². The molecule has 42 heavy (non-hydrogen) atoms. The van der Waals surface area contributed by atoms with E-state index in [-0.39, 0.29) is 29.2 Å². The smallest absolute Gasteiger partial charge is 0.248 e. The van der Waals surface area contributed by atoms with Crippen LogP contribution < -0.4 is 0 Å². The number of hydrogen-bond donors (Lipinski definition) is 1. The Kier molecular flexibility index (Phi) is 9.53. The van der Waals surface area contributed by atoms with Crippen LogP contribution in [0, 0.1) is 11.8 Å². The molecule has 0 aromatic heterocycles. The van der Waals surface area contributed by atoms with Gasteiger partial charge >= 0.3 is 0 Å². The number of ether oxygens (including phenoxy) is 2. The van der Waals surface area contributed by atoms with Crippen LogP contribution in [-0.4, -0.2) is 131 Å². The number of carbonyl (C=O) groups is 3. The molecule has 4 saturated heterocycles. The molecule has 1 aromatic carbocycles. The molecular formula is C31H41BrN4O6. The molecule has 0 saturated carbocycles. The Hall–Kier alpha value is -2.57. The molecule has 10 nitrogen and oxygen atoms in total. The first-order chi connectivity index (χ1) is 20.3. The highest BCUT2D eigenvalue weighted by molar-refractivity contribution is 9.09. The molecule has 1 spiro atoms. The summed E-state index contributed by atoms with van der Waals surface area (Å²) in [5.41, 5.74) is -0.508. The van der Waals surface area contributed by atoms with Crippen molar-refractivity contribution in [3.63, 3.8) is 0 Å². The summed E-state index contributed by atoms with van der Waals surface area (Å²) in [5.74, 6) is -2.44. The first-order valence-corrected chi connectivity index (χ1v) is 15.6. The number of carbonyl (C=O) groups excluding carboxylic acids is 3. The third-order valence-corrected chi connectivity index (χ3v) is 10.0. The van der Waals surface area contributed by atoms with Gasteiger partial charge in [0.25, 0.3) is 0 Å². The molecule has 4 aliphatic heterocycles.